The predicted molar refractivity (Wildman–Crippen MR) is 106 cm³/mol. The molecule has 2 amide bonds. The van der Waals surface area contributed by atoms with Crippen LogP contribution in [0.1, 0.15) is 0 Å². The minimum atomic E-state index is -3.88. The van der Waals surface area contributed by atoms with Crippen LogP contribution in [0.25, 0.3) is 0 Å². The number of β-amino-alcohol motifs (C(OH)–C–C–N with tert-alkyl or cyclic N) is 1. The highest BCUT2D eigenvalue weighted by molar-refractivity contribution is 7.92. The van der Waals surface area contributed by atoms with Crippen molar-refractivity contribution in [1.82, 2.24) is 4.90 Å². The van der Waals surface area contributed by atoms with E-state index in [4.69, 9.17) is 9.84 Å². The van der Waals surface area contributed by atoms with Gasteiger partial charge in [-0.05, 0) is 42.5 Å². The molecular weight excluding hydrogens is 398 g/mol. The smallest absolute Gasteiger partial charge is 0.277 e. The van der Waals surface area contributed by atoms with E-state index < -0.39 is 21.8 Å². The number of aliphatic hydroxyl groups is 1. The maximum atomic E-state index is 12.7. The van der Waals surface area contributed by atoms with Crippen LogP contribution in [0.2, 0.25) is 0 Å². The molecular formula is C19H19N3O6S. The highest BCUT2D eigenvalue weighted by Gasteiger charge is 2.30. The van der Waals surface area contributed by atoms with E-state index in [-0.39, 0.29) is 23.7 Å². The summed E-state index contributed by atoms with van der Waals surface area (Å²) in [6.45, 7) is -0.455. The summed E-state index contributed by atoms with van der Waals surface area (Å²) < 4.78 is 32.8. The SMILES string of the molecule is COc1ccc(NS(=O)(=O)c2cccc(NC3=CC(=O)N(CCO)C3=O)c2)cc1. The summed E-state index contributed by atoms with van der Waals surface area (Å²) in [4.78, 5) is 24.9. The van der Waals surface area contributed by atoms with Crippen molar-refractivity contribution < 1.29 is 27.9 Å². The number of hydrogen-bond acceptors (Lipinski definition) is 7. The van der Waals surface area contributed by atoms with Gasteiger partial charge in [0.25, 0.3) is 21.8 Å². The van der Waals surface area contributed by atoms with Crippen molar-refractivity contribution in [1.29, 1.82) is 0 Å². The van der Waals surface area contributed by atoms with Crippen LogP contribution in [0.3, 0.4) is 0 Å². The van der Waals surface area contributed by atoms with E-state index in [1.54, 1.807) is 30.3 Å². The lowest BCUT2D eigenvalue weighted by atomic mass is 10.3. The number of rotatable bonds is 8. The van der Waals surface area contributed by atoms with Crippen LogP contribution in [-0.2, 0) is 19.6 Å². The summed E-state index contributed by atoms with van der Waals surface area (Å²) in [5, 5.41) is 11.7. The topological polar surface area (TPSA) is 125 Å². The standard InChI is InChI=1S/C19H19N3O6S/c1-28-15-7-5-13(6-8-15)21-29(26,27)16-4-2-3-14(11-16)20-17-12-18(24)22(9-10-23)19(17)25/h2-8,11-12,20-21,23H,9-10H2,1H3. The first-order valence-electron chi connectivity index (χ1n) is 8.56. The lowest BCUT2D eigenvalue weighted by Gasteiger charge is -2.14. The fourth-order valence-corrected chi connectivity index (χ4v) is 3.78. The molecule has 0 fully saturated rings. The zero-order valence-corrected chi connectivity index (χ0v) is 16.3. The van der Waals surface area contributed by atoms with Gasteiger partial charge in [0.05, 0.1) is 25.2 Å². The van der Waals surface area contributed by atoms with Crippen LogP contribution in [0.5, 0.6) is 5.75 Å². The first-order valence-corrected chi connectivity index (χ1v) is 10.0. The fourth-order valence-electron chi connectivity index (χ4n) is 2.68. The van der Waals surface area contributed by atoms with Gasteiger partial charge in [-0.2, -0.15) is 0 Å². The average Bonchev–Trinajstić information content (AvgIpc) is 2.96. The number of hydrogen-bond donors (Lipinski definition) is 3. The van der Waals surface area contributed by atoms with Gasteiger partial charge >= 0.3 is 0 Å². The number of nitrogens with one attached hydrogen (secondary N) is 2. The average molecular weight is 417 g/mol. The maximum absolute atomic E-state index is 12.7. The maximum Gasteiger partial charge on any atom is 0.277 e. The van der Waals surface area contributed by atoms with Gasteiger partial charge in [0.2, 0.25) is 0 Å². The van der Waals surface area contributed by atoms with Crippen molar-refractivity contribution >= 4 is 33.2 Å². The Balaban J connectivity index is 1.77. The Bertz CT molecular complexity index is 1060. The zero-order valence-electron chi connectivity index (χ0n) is 15.5. The molecule has 0 radical (unpaired) electrons. The molecule has 0 spiro atoms. The van der Waals surface area contributed by atoms with Crippen molar-refractivity contribution in [2.75, 3.05) is 30.3 Å². The van der Waals surface area contributed by atoms with Gasteiger partial charge in [-0.25, -0.2) is 8.42 Å². The molecule has 0 saturated heterocycles. The number of ether oxygens (including phenoxy) is 1. The number of imide groups is 1. The van der Waals surface area contributed by atoms with Gasteiger partial charge in [0.15, 0.2) is 0 Å². The first kappa shape index (κ1) is 20.4. The number of amides is 2. The number of anilines is 2. The summed E-state index contributed by atoms with van der Waals surface area (Å²) in [5.74, 6) is -0.538. The molecule has 3 N–H and O–H groups in total. The zero-order chi connectivity index (χ0) is 21.0. The Morgan fingerprint density at radius 2 is 1.79 bits per heavy atom. The van der Waals surface area contributed by atoms with Crippen molar-refractivity contribution in [2.45, 2.75) is 4.90 Å². The van der Waals surface area contributed by atoms with Crippen LogP contribution in [-0.4, -0.2) is 50.5 Å². The van der Waals surface area contributed by atoms with Gasteiger partial charge in [0, 0.05) is 17.5 Å². The largest absolute Gasteiger partial charge is 0.497 e. The van der Waals surface area contributed by atoms with Gasteiger partial charge < -0.3 is 15.2 Å². The van der Waals surface area contributed by atoms with E-state index in [0.29, 0.717) is 17.1 Å². The summed E-state index contributed by atoms with van der Waals surface area (Å²) in [6.07, 6.45) is 1.11. The number of sulfonamides is 1. The molecule has 29 heavy (non-hydrogen) atoms. The number of nitrogens with zero attached hydrogens (tertiary/aromatic N) is 1. The molecule has 0 aromatic heterocycles. The van der Waals surface area contributed by atoms with Gasteiger partial charge in [-0.3, -0.25) is 19.2 Å². The third-order valence-corrected chi connectivity index (χ3v) is 5.48. The van der Waals surface area contributed by atoms with Gasteiger partial charge in [0.1, 0.15) is 11.4 Å². The van der Waals surface area contributed by atoms with Crippen LogP contribution < -0.4 is 14.8 Å². The molecule has 2 aromatic carbocycles. The van der Waals surface area contributed by atoms with E-state index in [9.17, 15) is 18.0 Å². The molecule has 0 saturated carbocycles. The second-order valence-corrected chi connectivity index (χ2v) is 7.75. The molecule has 0 unspecified atom stereocenters. The Kier molecular flexibility index (Phi) is 5.85. The third kappa shape index (κ3) is 4.55. The highest BCUT2D eigenvalue weighted by atomic mass is 32.2. The Hall–Kier alpha value is -3.37. The minimum absolute atomic E-state index is 0.00103. The van der Waals surface area contributed by atoms with E-state index in [1.807, 2.05) is 0 Å². The van der Waals surface area contributed by atoms with Crippen molar-refractivity contribution in [3.05, 3.63) is 60.3 Å². The number of methoxy groups -OCH3 is 1. The number of aliphatic hydroxyl groups excluding tert-OH is 1. The molecule has 10 heteroatoms. The van der Waals surface area contributed by atoms with Crippen LogP contribution in [0.15, 0.2) is 65.2 Å². The predicted octanol–water partition coefficient (Wildman–Crippen LogP) is 1.15. The third-order valence-electron chi connectivity index (χ3n) is 4.10. The van der Waals surface area contributed by atoms with E-state index in [2.05, 4.69) is 10.0 Å². The molecule has 9 nitrogen and oxygen atoms in total. The van der Waals surface area contributed by atoms with Crippen LogP contribution in [0, 0.1) is 0 Å². The molecule has 1 heterocycles. The van der Waals surface area contributed by atoms with E-state index in [0.717, 1.165) is 11.0 Å². The Morgan fingerprint density at radius 3 is 2.45 bits per heavy atom. The van der Waals surface area contributed by atoms with Gasteiger partial charge in [-0.1, -0.05) is 6.07 Å². The normalized spacial score (nSPS) is 14.0. The van der Waals surface area contributed by atoms with Crippen LogP contribution in [0.4, 0.5) is 11.4 Å². The number of carbonyl (C=O) groups is 2. The van der Waals surface area contributed by atoms with Crippen molar-refractivity contribution in [2.24, 2.45) is 0 Å². The second kappa shape index (κ2) is 8.33. The van der Waals surface area contributed by atoms with Gasteiger partial charge in [-0.15, -0.1) is 0 Å². The molecule has 0 aliphatic carbocycles. The fraction of sp³-hybridized carbons (Fsp3) is 0.158. The molecule has 3 rings (SSSR count). The highest BCUT2D eigenvalue weighted by Crippen LogP contribution is 2.23. The second-order valence-electron chi connectivity index (χ2n) is 6.06. The first-order chi connectivity index (χ1) is 13.8. The minimum Gasteiger partial charge on any atom is -0.497 e. The lowest BCUT2D eigenvalue weighted by Crippen LogP contribution is -2.34. The summed E-state index contributed by atoms with van der Waals surface area (Å²) in [6, 6.07) is 12.2. The summed E-state index contributed by atoms with van der Waals surface area (Å²) >= 11 is 0. The van der Waals surface area contributed by atoms with E-state index >= 15 is 0 Å². The number of carbonyl (C=O) groups excluding carboxylic acids is 2. The van der Waals surface area contributed by atoms with Crippen molar-refractivity contribution in [3.8, 4) is 5.75 Å². The molecule has 0 bridgehead atoms. The number of benzene rings is 2. The molecule has 1 aliphatic rings. The van der Waals surface area contributed by atoms with Crippen molar-refractivity contribution in [3.63, 3.8) is 0 Å². The Morgan fingerprint density at radius 1 is 1.07 bits per heavy atom. The van der Waals surface area contributed by atoms with E-state index in [1.165, 1.54) is 25.3 Å². The molecule has 152 valence electrons. The monoisotopic (exact) mass is 417 g/mol. The summed E-state index contributed by atoms with van der Waals surface area (Å²) in [7, 11) is -2.37. The lowest BCUT2D eigenvalue weighted by molar-refractivity contribution is -0.137. The summed E-state index contributed by atoms with van der Waals surface area (Å²) in [5.41, 5.74) is 0.685. The molecule has 0 atom stereocenters. The Labute approximate surface area is 167 Å². The van der Waals surface area contributed by atoms with Crippen LogP contribution >= 0.6 is 0 Å². The quantitative estimate of drug-likeness (QED) is 0.550. The molecule has 1 aliphatic heterocycles. The molecule has 2 aromatic rings.